The van der Waals surface area contributed by atoms with Crippen LogP contribution in [0.15, 0.2) is 77.7 Å². The number of hydrogen-bond donors (Lipinski definition) is 1. The molecule has 39 heavy (non-hydrogen) atoms. The smallest absolute Gasteiger partial charge is 0.264 e. The average molecular weight is 550 g/mol. The van der Waals surface area contributed by atoms with E-state index in [9.17, 15) is 18.0 Å². The van der Waals surface area contributed by atoms with Crippen LogP contribution in [-0.2, 0) is 26.2 Å². The number of carbonyl (C=O) groups is 2. The molecule has 0 saturated carbocycles. The Kier molecular flexibility index (Phi) is 9.22. The maximum Gasteiger partial charge on any atom is 0.264 e. The highest BCUT2D eigenvalue weighted by Crippen LogP contribution is 2.26. The van der Waals surface area contributed by atoms with Crippen LogP contribution in [0.2, 0.25) is 0 Å². The molecule has 0 unspecified atom stereocenters. The van der Waals surface area contributed by atoms with Crippen molar-refractivity contribution in [1.82, 2.24) is 10.2 Å². The minimum absolute atomic E-state index is 0.0892. The quantitative estimate of drug-likeness (QED) is 0.401. The van der Waals surface area contributed by atoms with E-state index < -0.39 is 34.1 Å². The number of hydrogen-bond acceptors (Lipinski definition) is 4. The molecular weight excluding hydrogens is 510 g/mol. The Morgan fingerprint density at radius 3 is 2.10 bits per heavy atom. The predicted molar refractivity (Wildman–Crippen MR) is 156 cm³/mol. The standard InChI is InChI=1S/C31H39N3O4S/c1-22-15-17-28(18-16-22)39(37,38)34(27-14-10-11-23(2)19-27)21-29(35)33(20-26-13-9-8-12-24(26)3)25(4)30(36)32-31(5,6)7/h8-19,25H,20-21H2,1-7H3,(H,32,36)/t25-/m1/s1. The Hall–Kier alpha value is -3.65. The summed E-state index contributed by atoms with van der Waals surface area (Å²) in [7, 11) is -4.09. The predicted octanol–water partition coefficient (Wildman–Crippen LogP) is 5.14. The average Bonchev–Trinajstić information content (AvgIpc) is 2.85. The van der Waals surface area contributed by atoms with Crippen molar-refractivity contribution >= 4 is 27.5 Å². The second kappa shape index (κ2) is 12.0. The second-order valence-corrected chi connectivity index (χ2v) is 12.9. The lowest BCUT2D eigenvalue weighted by molar-refractivity contribution is -0.140. The number of rotatable bonds is 9. The first kappa shape index (κ1) is 29.9. The number of sulfonamides is 1. The molecule has 0 spiro atoms. The number of benzene rings is 3. The Labute approximate surface area is 232 Å². The fourth-order valence-electron chi connectivity index (χ4n) is 4.18. The van der Waals surface area contributed by atoms with E-state index in [2.05, 4.69) is 5.32 Å². The van der Waals surface area contributed by atoms with Gasteiger partial charge >= 0.3 is 0 Å². The molecule has 8 heteroatoms. The first-order chi connectivity index (χ1) is 18.2. The summed E-state index contributed by atoms with van der Waals surface area (Å²) in [5.41, 5.74) is 3.53. The highest BCUT2D eigenvalue weighted by molar-refractivity contribution is 7.92. The molecule has 0 heterocycles. The Balaban J connectivity index is 2.05. The number of carbonyl (C=O) groups excluding carboxylic acids is 2. The molecule has 3 aromatic carbocycles. The highest BCUT2D eigenvalue weighted by Gasteiger charge is 2.33. The third-order valence-corrected chi connectivity index (χ3v) is 8.23. The third kappa shape index (κ3) is 7.69. The molecule has 1 atom stereocenters. The first-order valence-corrected chi connectivity index (χ1v) is 14.4. The number of anilines is 1. The zero-order valence-electron chi connectivity index (χ0n) is 23.9. The van der Waals surface area contributed by atoms with E-state index in [1.165, 1.54) is 4.90 Å². The normalized spacial score (nSPS) is 12.5. The van der Waals surface area contributed by atoms with Crippen molar-refractivity contribution in [2.45, 2.75) is 71.5 Å². The van der Waals surface area contributed by atoms with E-state index in [4.69, 9.17) is 0 Å². The lowest BCUT2D eigenvalue weighted by Gasteiger charge is -2.33. The van der Waals surface area contributed by atoms with Gasteiger partial charge in [0.2, 0.25) is 11.8 Å². The van der Waals surface area contributed by atoms with Gasteiger partial charge in [0.15, 0.2) is 0 Å². The molecule has 0 bridgehead atoms. The second-order valence-electron chi connectivity index (χ2n) is 11.0. The van der Waals surface area contributed by atoms with Crippen LogP contribution in [0.5, 0.6) is 0 Å². The molecule has 2 amide bonds. The van der Waals surface area contributed by atoms with Crippen LogP contribution in [0.1, 0.15) is 49.9 Å². The van der Waals surface area contributed by atoms with Crippen LogP contribution in [-0.4, -0.2) is 43.3 Å². The van der Waals surface area contributed by atoms with Crippen LogP contribution in [0.25, 0.3) is 0 Å². The fourth-order valence-corrected chi connectivity index (χ4v) is 5.58. The summed E-state index contributed by atoms with van der Waals surface area (Å²) in [5, 5.41) is 2.94. The molecule has 0 fully saturated rings. The van der Waals surface area contributed by atoms with Gasteiger partial charge in [-0.05, 0) is 89.4 Å². The lowest BCUT2D eigenvalue weighted by atomic mass is 10.1. The number of nitrogens with zero attached hydrogens (tertiary/aromatic N) is 2. The number of aryl methyl sites for hydroxylation is 3. The SMILES string of the molecule is Cc1ccc(S(=O)(=O)N(CC(=O)N(Cc2ccccc2C)[C@H](C)C(=O)NC(C)(C)C)c2cccc(C)c2)cc1. The van der Waals surface area contributed by atoms with Crippen LogP contribution >= 0.6 is 0 Å². The third-order valence-electron chi connectivity index (χ3n) is 6.44. The molecule has 0 aliphatic rings. The van der Waals surface area contributed by atoms with E-state index in [1.54, 1.807) is 49.4 Å². The molecule has 0 saturated heterocycles. The first-order valence-electron chi connectivity index (χ1n) is 13.0. The minimum atomic E-state index is -4.09. The van der Waals surface area contributed by atoms with E-state index in [0.29, 0.717) is 5.69 Å². The molecule has 0 radical (unpaired) electrons. The van der Waals surface area contributed by atoms with E-state index >= 15 is 0 Å². The summed E-state index contributed by atoms with van der Waals surface area (Å²) >= 11 is 0. The van der Waals surface area contributed by atoms with Gasteiger partial charge in [0.05, 0.1) is 10.6 Å². The van der Waals surface area contributed by atoms with Crippen LogP contribution in [0, 0.1) is 20.8 Å². The molecule has 208 valence electrons. The van der Waals surface area contributed by atoms with Gasteiger partial charge in [0.25, 0.3) is 10.0 Å². The zero-order valence-corrected chi connectivity index (χ0v) is 24.7. The Morgan fingerprint density at radius 2 is 1.51 bits per heavy atom. The van der Waals surface area contributed by atoms with Gasteiger partial charge < -0.3 is 10.2 Å². The van der Waals surface area contributed by atoms with Gasteiger partial charge in [0, 0.05) is 12.1 Å². The van der Waals surface area contributed by atoms with Crippen molar-refractivity contribution in [2.75, 3.05) is 10.8 Å². The summed E-state index contributed by atoms with van der Waals surface area (Å²) in [6.07, 6.45) is 0. The number of amides is 2. The summed E-state index contributed by atoms with van der Waals surface area (Å²) in [5.74, 6) is -0.792. The van der Waals surface area contributed by atoms with Crippen molar-refractivity contribution in [3.63, 3.8) is 0 Å². The topological polar surface area (TPSA) is 86.8 Å². The van der Waals surface area contributed by atoms with Crippen LogP contribution in [0.3, 0.4) is 0 Å². The van der Waals surface area contributed by atoms with Crippen molar-refractivity contribution in [1.29, 1.82) is 0 Å². The van der Waals surface area contributed by atoms with Gasteiger partial charge in [-0.25, -0.2) is 8.42 Å². The van der Waals surface area contributed by atoms with Gasteiger partial charge in [0.1, 0.15) is 12.6 Å². The molecule has 0 aliphatic heterocycles. The fraction of sp³-hybridized carbons (Fsp3) is 0.355. The summed E-state index contributed by atoms with van der Waals surface area (Å²) in [4.78, 5) is 28.7. The number of nitrogens with one attached hydrogen (secondary N) is 1. The summed E-state index contributed by atoms with van der Waals surface area (Å²) in [6, 6.07) is 20.4. The highest BCUT2D eigenvalue weighted by atomic mass is 32.2. The summed E-state index contributed by atoms with van der Waals surface area (Å²) in [6.45, 7) is 12.7. The van der Waals surface area contributed by atoms with Gasteiger partial charge in [-0.15, -0.1) is 0 Å². The van der Waals surface area contributed by atoms with Crippen molar-refractivity contribution < 1.29 is 18.0 Å². The molecular formula is C31H39N3O4S. The molecule has 1 N–H and O–H groups in total. The van der Waals surface area contributed by atoms with Crippen molar-refractivity contribution in [2.24, 2.45) is 0 Å². The maximum absolute atomic E-state index is 14.0. The Bertz CT molecular complexity index is 1430. The molecule has 7 nitrogen and oxygen atoms in total. The van der Waals surface area contributed by atoms with Crippen molar-refractivity contribution in [3.8, 4) is 0 Å². The largest absolute Gasteiger partial charge is 0.350 e. The van der Waals surface area contributed by atoms with Crippen molar-refractivity contribution in [3.05, 3.63) is 95.1 Å². The maximum atomic E-state index is 14.0. The van der Waals surface area contributed by atoms with Crippen LogP contribution in [0.4, 0.5) is 5.69 Å². The van der Waals surface area contributed by atoms with Crippen LogP contribution < -0.4 is 9.62 Å². The summed E-state index contributed by atoms with van der Waals surface area (Å²) < 4.78 is 28.9. The molecule has 0 aromatic heterocycles. The zero-order chi connectivity index (χ0) is 29.0. The van der Waals surface area contributed by atoms with E-state index in [-0.39, 0.29) is 17.3 Å². The molecule has 3 aromatic rings. The monoisotopic (exact) mass is 549 g/mol. The van der Waals surface area contributed by atoms with E-state index in [0.717, 1.165) is 26.6 Å². The molecule has 3 rings (SSSR count). The van der Waals surface area contributed by atoms with E-state index in [1.807, 2.05) is 71.9 Å². The Morgan fingerprint density at radius 1 is 0.872 bits per heavy atom. The van der Waals surface area contributed by atoms with Gasteiger partial charge in [-0.3, -0.25) is 13.9 Å². The molecule has 0 aliphatic carbocycles. The van der Waals surface area contributed by atoms with Gasteiger partial charge in [-0.2, -0.15) is 0 Å². The minimum Gasteiger partial charge on any atom is -0.350 e. The lowest BCUT2D eigenvalue weighted by Crippen LogP contribution is -2.54. The van der Waals surface area contributed by atoms with Gasteiger partial charge in [-0.1, -0.05) is 54.1 Å².